The van der Waals surface area contributed by atoms with Crippen LogP contribution in [0.15, 0.2) is 48.5 Å². The normalized spacial score (nSPS) is 30.7. The van der Waals surface area contributed by atoms with E-state index in [1.165, 1.54) is 12.1 Å². The Bertz CT molecular complexity index is 922. The molecule has 5 atom stereocenters. The molecule has 1 saturated carbocycles. The average molecular weight is 413 g/mol. The number of morpholine rings is 1. The van der Waals surface area contributed by atoms with Gasteiger partial charge in [0.2, 0.25) is 0 Å². The lowest BCUT2D eigenvalue weighted by atomic mass is 9.88. The summed E-state index contributed by atoms with van der Waals surface area (Å²) in [4.78, 5) is 15.5. The molecule has 4 nitrogen and oxygen atoms in total. The number of carbonyl (C=O) groups excluding carboxylic acids is 1. The van der Waals surface area contributed by atoms with Crippen LogP contribution in [-0.4, -0.2) is 42.2 Å². The standard InChI is InChI=1S/C24H25F2NO3/c25-16-6-7-20(23(26)8-16)21-10-17(27-12-19-9-18(27)14-29-19)11-22(21)24(28)30-13-15-4-2-1-3-5-15/h1-8,17-19,21-22H,9-14H2/t17-,18-,19-,21-,22+/m0/s1. The summed E-state index contributed by atoms with van der Waals surface area (Å²) in [5, 5.41) is 0. The van der Waals surface area contributed by atoms with Crippen LogP contribution < -0.4 is 0 Å². The number of carbonyl (C=O) groups is 1. The Labute approximate surface area is 174 Å². The molecule has 0 radical (unpaired) electrons. The number of likely N-dealkylation sites (tertiary alicyclic amines) is 1. The van der Waals surface area contributed by atoms with Gasteiger partial charge in [0.15, 0.2) is 0 Å². The minimum Gasteiger partial charge on any atom is -0.461 e. The zero-order chi connectivity index (χ0) is 20.7. The van der Waals surface area contributed by atoms with Gasteiger partial charge >= 0.3 is 5.97 Å². The van der Waals surface area contributed by atoms with Crippen molar-refractivity contribution in [3.05, 3.63) is 71.3 Å². The molecule has 0 spiro atoms. The first kappa shape index (κ1) is 19.6. The first-order chi connectivity index (χ1) is 14.6. The van der Waals surface area contributed by atoms with Crippen LogP contribution in [0.1, 0.15) is 36.3 Å². The van der Waals surface area contributed by atoms with Gasteiger partial charge < -0.3 is 9.47 Å². The van der Waals surface area contributed by atoms with Crippen molar-refractivity contribution in [2.45, 2.75) is 50.0 Å². The molecule has 5 rings (SSSR count). The van der Waals surface area contributed by atoms with E-state index in [1.54, 1.807) is 0 Å². The molecule has 6 heteroatoms. The number of hydrogen-bond donors (Lipinski definition) is 0. The summed E-state index contributed by atoms with van der Waals surface area (Å²) in [5.41, 5.74) is 1.32. The molecule has 0 unspecified atom stereocenters. The molecular weight excluding hydrogens is 388 g/mol. The Morgan fingerprint density at radius 1 is 1.07 bits per heavy atom. The fourth-order valence-corrected chi connectivity index (χ4v) is 5.40. The van der Waals surface area contributed by atoms with Gasteiger partial charge in [-0.2, -0.15) is 0 Å². The van der Waals surface area contributed by atoms with E-state index in [1.807, 2.05) is 30.3 Å². The Morgan fingerprint density at radius 3 is 2.60 bits per heavy atom. The fraction of sp³-hybridized carbons (Fsp3) is 0.458. The molecule has 2 aromatic carbocycles. The minimum atomic E-state index is -0.608. The summed E-state index contributed by atoms with van der Waals surface area (Å²) in [5.74, 6) is -2.27. The topological polar surface area (TPSA) is 38.8 Å². The molecule has 2 bridgehead atoms. The molecule has 30 heavy (non-hydrogen) atoms. The Kier molecular flexibility index (Phi) is 5.29. The summed E-state index contributed by atoms with van der Waals surface area (Å²) < 4.78 is 39.4. The van der Waals surface area contributed by atoms with Gasteiger partial charge in [-0.05, 0) is 36.5 Å². The van der Waals surface area contributed by atoms with Gasteiger partial charge in [0.25, 0.3) is 0 Å². The lowest BCUT2D eigenvalue weighted by Crippen LogP contribution is -2.43. The SMILES string of the molecule is O=C(OCc1ccccc1)[C@@H]1C[C@@H](N2C[C@@H]3C[C@H]2CO3)C[C@H]1c1ccc(F)cc1F. The van der Waals surface area contributed by atoms with Gasteiger partial charge in [0.1, 0.15) is 18.2 Å². The Hall–Kier alpha value is -2.31. The summed E-state index contributed by atoms with van der Waals surface area (Å²) in [6, 6.07) is 13.7. The van der Waals surface area contributed by atoms with Crippen molar-refractivity contribution >= 4 is 5.97 Å². The monoisotopic (exact) mass is 413 g/mol. The third kappa shape index (κ3) is 3.74. The molecule has 1 aliphatic carbocycles. The second-order valence-electron chi connectivity index (χ2n) is 8.64. The number of halogens is 2. The van der Waals surface area contributed by atoms with E-state index in [4.69, 9.17) is 9.47 Å². The van der Waals surface area contributed by atoms with Gasteiger partial charge in [-0.25, -0.2) is 8.78 Å². The third-order valence-electron chi connectivity index (χ3n) is 6.84. The van der Waals surface area contributed by atoms with E-state index < -0.39 is 17.6 Å². The summed E-state index contributed by atoms with van der Waals surface area (Å²) in [6.07, 6.45) is 2.57. The molecule has 0 aromatic heterocycles. The third-order valence-corrected chi connectivity index (χ3v) is 6.84. The highest BCUT2D eigenvalue weighted by Gasteiger charge is 2.49. The molecule has 0 amide bonds. The van der Waals surface area contributed by atoms with Crippen molar-refractivity contribution in [1.82, 2.24) is 4.90 Å². The summed E-state index contributed by atoms with van der Waals surface area (Å²) in [6.45, 7) is 1.78. The first-order valence-corrected chi connectivity index (χ1v) is 10.6. The van der Waals surface area contributed by atoms with Gasteiger partial charge in [-0.3, -0.25) is 9.69 Å². The maximum atomic E-state index is 14.6. The van der Waals surface area contributed by atoms with E-state index in [2.05, 4.69) is 4.90 Å². The van der Waals surface area contributed by atoms with Gasteiger partial charge in [0.05, 0.1) is 18.6 Å². The zero-order valence-corrected chi connectivity index (χ0v) is 16.7. The van der Waals surface area contributed by atoms with Crippen LogP contribution in [0.3, 0.4) is 0 Å². The van der Waals surface area contributed by atoms with Crippen molar-refractivity contribution in [3.63, 3.8) is 0 Å². The lowest BCUT2D eigenvalue weighted by Gasteiger charge is -2.32. The van der Waals surface area contributed by atoms with E-state index in [0.29, 0.717) is 24.4 Å². The van der Waals surface area contributed by atoms with Crippen molar-refractivity contribution < 1.29 is 23.0 Å². The Morgan fingerprint density at radius 2 is 1.90 bits per heavy atom. The van der Waals surface area contributed by atoms with E-state index in [-0.39, 0.29) is 30.6 Å². The van der Waals surface area contributed by atoms with Gasteiger partial charge in [-0.15, -0.1) is 0 Å². The smallest absolute Gasteiger partial charge is 0.309 e. The highest BCUT2D eigenvalue weighted by Crippen LogP contribution is 2.46. The maximum Gasteiger partial charge on any atom is 0.309 e. The molecule has 2 saturated heterocycles. The lowest BCUT2D eigenvalue weighted by molar-refractivity contribution is -0.150. The summed E-state index contributed by atoms with van der Waals surface area (Å²) >= 11 is 0. The van der Waals surface area contributed by atoms with Crippen LogP contribution >= 0.6 is 0 Å². The molecule has 2 aromatic rings. The highest BCUT2D eigenvalue weighted by atomic mass is 19.1. The fourth-order valence-electron chi connectivity index (χ4n) is 5.40. The maximum absolute atomic E-state index is 14.6. The molecule has 0 N–H and O–H groups in total. The predicted octanol–water partition coefficient (Wildman–Crippen LogP) is 4.04. The van der Waals surface area contributed by atoms with Crippen molar-refractivity contribution in [2.24, 2.45) is 5.92 Å². The second-order valence-corrected chi connectivity index (χ2v) is 8.64. The molecular formula is C24H25F2NO3. The van der Waals surface area contributed by atoms with Crippen LogP contribution in [0, 0.1) is 17.6 Å². The number of esters is 1. The van der Waals surface area contributed by atoms with Crippen LogP contribution in [-0.2, 0) is 20.9 Å². The number of nitrogens with zero attached hydrogens (tertiary/aromatic N) is 1. The molecule has 3 aliphatic rings. The minimum absolute atomic E-state index is 0.174. The molecule has 2 aliphatic heterocycles. The van der Waals surface area contributed by atoms with Gasteiger partial charge in [0, 0.05) is 30.6 Å². The van der Waals surface area contributed by atoms with E-state index in [9.17, 15) is 13.6 Å². The van der Waals surface area contributed by atoms with Crippen molar-refractivity contribution in [1.29, 1.82) is 0 Å². The molecule has 2 heterocycles. The van der Waals surface area contributed by atoms with Crippen LogP contribution in [0.4, 0.5) is 8.78 Å². The van der Waals surface area contributed by atoms with Crippen LogP contribution in [0.5, 0.6) is 0 Å². The van der Waals surface area contributed by atoms with Crippen LogP contribution in [0.25, 0.3) is 0 Å². The van der Waals surface area contributed by atoms with Crippen molar-refractivity contribution in [3.8, 4) is 0 Å². The second kappa shape index (κ2) is 8.08. The summed E-state index contributed by atoms with van der Waals surface area (Å²) in [7, 11) is 0. The van der Waals surface area contributed by atoms with E-state index >= 15 is 0 Å². The Balaban J connectivity index is 1.36. The number of fused-ring (bicyclic) bond motifs is 2. The van der Waals surface area contributed by atoms with Crippen LogP contribution in [0.2, 0.25) is 0 Å². The largest absolute Gasteiger partial charge is 0.461 e. The highest BCUT2D eigenvalue weighted by molar-refractivity contribution is 5.74. The van der Waals surface area contributed by atoms with E-state index in [0.717, 1.165) is 31.2 Å². The average Bonchev–Trinajstić information content (AvgIpc) is 3.48. The predicted molar refractivity (Wildman–Crippen MR) is 107 cm³/mol. The quantitative estimate of drug-likeness (QED) is 0.694. The molecule has 3 fully saturated rings. The van der Waals surface area contributed by atoms with Crippen molar-refractivity contribution in [2.75, 3.05) is 13.2 Å². The number of ether oxygens (including phenoxy) is 2. The number of hydrogen-bond acceptors (Lipinski definition) is 4. The number of rotatable bonds is 5. The van der Waals surface area contributed by atoms with Gasteiger partial charge in [-0.1, -0.05) is 36.4 Å². The first-order valence-electron chi connectivity index (χ1n) is 10.6. The zero-order valence-electron chi connectivity index (χ0n) is 16.7. The molecule has 158 valence electrons. The number of benzene rings is 2.